The minimum absolute atomic E-state index is 0.102. The number of rotatable bonds is 75. The first kappa shape index (κ1) is 92.1. The summed E-state index contributed by atoms with van der Waals surface area (Å²) < 4.78 is 68.2. The van der Waals surface area contributed by atoms with Crippen LogP contribution in [0.2, 0.25) is 0 Å². The van der Waals surface area contributed by atoms with E-state index in [1.807, 2.05) is 0 Å². The van der Waals surface area contributed by atoms with Crippen LogP contribution in [0, 0.1) is 5.92 Å². The molecule has 0 saturated heterocycles. The van der Waals surface area contributed by atoms with Crippen molar-refractivity contribution in [1.82, 2.24) is 0 Å². The summed E-state index contributed by atoms with van der Waals surface area (Å²) in [4.78, 5) is 72.4. The Balaban J connectivity index is 5.11. The molecule has 0 spiro atoms. The van der Waals surface area contributed by atoms with Crippen LogP contribution < -0.4 is 0 Å². The predicted octanol–water partition coefficient (Wildman–Crippen LogP) is 22.1. The second kappa shape index (κ2) is 68.2. The Morgan fingerprint density at radius 3 is 0.755 bits per heavy atom. The van der Waals surface area contributed by atoms with E-state index in [2.05, 4.69) is 34.6 Å². The summed E-state index contributed by atoms with van der Waals surface area (Å²) in [6.07, 6.45) is 57.6. The Labute approximate surface area is 575 Å². The second-order valence-electron chi connectivity index (χ2n) is 27.3. The van der Waals surface area contributed by atoms with Gasteiger partial charge >= 0.3 is 39.5 Å². The number of aliphatic hydroxyl groups excluding tert-OH is 1. The normalized spacial score (nSPS) is 14.3. The zero-order chi connectivity index (χ0) is 69.1. The van der Waals surface area contributed by atoms with Crippen molar-refractivity contribution in [3.63, 3.8) is 0 Å². The quantitative estimate of drug-likeness (QED) is 0.0222. The number of hydrogen-bond donors (Lipinski definition) is 3. The van der Waals surface area contributed by atoms with E-state index in [4.69, 9.17) is 37.0 Å². The fourth-order valence-electron chi connectivity index (χ4n) is 11.5. The van der Waals surface area contributed by atoms with Crippen LogP contribution in [0.3, 0.4) is 0 Å². The molecule has 558 valence electrons. The third-order valence-electron chi connectivity index (χ3n) is 17.9. The fourth-order valence-corrected chi connectivity index (χ4v) is 13.1. The number of unbranched alkanes of at least 4 members (excludes halogenated alkanes) is 46. The molecule has 94 heavy (non-hydrogen) atoms. The first-order chi connectivity index (χ1) is 45.6. The van der Waals surface area contributed by atoms with E-state index < -0.39 is 97.5 Å². The lowest BCUT2D eigenvalue weighted by atomic mass is 10.00. The number of carbonyl (C=O) groups is 4. The molecule has 0 fully saturated rings. The van der Waals surface area contributed by atoms with Gasteiger partial charge in [0.25, 0.3) is 0 Å². The molecule has 17 nitrogen and oxygen atoms in total. The molecule has 19 heteroatoms. The zero-order valence-corrected chi connectivity index (χ0v) is 62.9. The van der Waals surface area contributed by atoms with E-state index in [0.717, 1.165) is 102 Å². The molecular weight excluding hydrogens is 1230 g/mol. The van der Waals surface area contributed by atoms with E-state index in [9.17, 15) is 43.2 Å². The monoisotopic (exact) mass is 1380 g/mol. The molecule has 0 aliphatic carbocycles. The van der Waals surface area contributed by atoms with Crippen molar-refractivity contribution in [2.45, 2.75) is 412 Å². The summed E-state index contributed by atoms with van der Waals surface area (Å²) >= 11 is 0. The molecule has 3 unspecified atom stereocenters. The number of phosphoric acid groups is 2. The standard InChI is InChI=1S/C75H146O17P2/c1-6-10-13-16-18-20-22-24-26-28-30-31-32-34-36-38-40-42-44-50-55-60-74(79)91-71(65-86-73(78)59-54-49-43-41-39-37-35-33-29-27-25-23-21-19-17-14-11-7-2)67-90-94(83,84)88-63-69(76)62-87-93(81,82)89-66-70(64-85-72(77)58-53-47-15-12-8-3)92-75(80)61-56-51-46-45-48-52-57-68(5)9-4/h68-71,76H,6-67H2,1-5H3,(H,81,82)(H,83,84)/t68?,69-,70+,71+/m0/s1. The SMILES string of the molecule is CCCCCCCCCCCCCCCCCCCCCCCC(=O)O[C@H](COC(=O)CCCCCCCCCCCCCCCCCCCC)COP(=O)(O)OC[C@@H](O)COP(=O)(O)OC[C@@H](COC(=O)CCCCCCC)OC(=O)CCCCCCCCC(C)CC. The number of hydrogen-bond acceptors (Lipinski definition) is 15. The van der Waals surface area contributed by atoms with E-state index in [0.29, 0.717) is 25.7 Å². The van der Waals surface area contributed by atoms with Gasteiger partial charge in [0.1, 0.15) is 19.3 Å². The van der Waals surface area contributed by atoms with Crippen molar-refractivity contribution in [1.29, 1.82) is 0 Å². The van der Waals surface area contributed by atoms with Crippen molar-refractivity contribution in [3.8, 4) is 0 Å². The van der Waals surface area contributed by atoms with Crippen molar-refractivity contribution in [2.24, 2.45) is 5.92 Å². The lowest BCUT2D eigenvalue weighted by Crippen LogP contribution is -2.30. The van der Waals surface area contributed by atoms with Crippen molar-refractivity contribution < 1.29 is 80.2 Å². The maximum absolute atomic E-state index is 13.1. The van der Waals surface area contributed by atoms with E-state index in [1.54, 1.807) is 0 Å². The summed E-state index contributed by atoms with van der Waals surface area (Å²) in [7, 11) is -9.90. The summed E-state index contributed by atoms with van der Waals surface area (Å²) in [5, 5.41) is 10.6. The van der Waals surface area contributed by atoms with Crippen LogP contribution in [0.15, 0.2) is 0 Å². The van der Waals surface area contributed by atoms with Crippen LogP contribution in [-0.2, 0) is 65.4 Å². The van der Waals surface area contributed by atoms with Gasteiger partial charge in [0.05, 0.1) is 26.4 Å². The van der Waals surface area contributed by atoms with Crippen LogP contribution >= 0.6 is 15.6 Å². The highest BCUT2D eigenvalue weighted by atomic mass is 31.2. The third-order valence-corrected chi connectivity index (χ3v) is 19.8. The summed E-state index contributed by atoms with van der Waals surface area (Å²) in [5.74, 6) is -1.41. The van der Waals surface area contributed by atoms with E-state index in [-0.39, 0.29) is 25.7 Å². The van der Waals surface area contributed by atoms with Gasteiger partial charge in [-0.2, -0.15) is 0 Å². The number of esters is 4. The van der Waals surface area contributed by atoms with Gasteiger partial charge < -0.3 is 33.8 Å². The largest absolute Gasteiger partial charge is 0.472 e. The molecule has 0 radical (unpaired) electrons. The molecule has 0 saturated carbocycles. The average Bonchev–Trinajstić information content (AvgIpc) is 1.90. The van der Waals surface area contributed by atoms with Crippen LogP contribution in [0.1, 0.15) is 394 Å². The second-order valence-corrected chi connectivity index (χ2v) is 30.2. The minimum Gasteiger partial charge on any atom is -0.462 e. The summed E-state index contributed by atoms with van der Waals surface area (Å²) in [5.41, 5.74) is 0. The van der Waals surface area contributed by atoms with Gasteiger partial charge in [-0.05, 0) is 31.6 Å². The fraction of sp³-hybridized carbons (Fsp3) is 0.947. The first-order valence-corrected chi connectivity index (χ1v) is 42.2. The minimum atomic E-state index is -4.95. The smallest absolute Gasteiger partial charge is 0.462 e. The molecule has 0 amide bonds. The number of aliphatic hydroxyl groups is 1. The van der Waals surface area contributed by atoms with Crippen LogP contribution in [0.5, 0.6) is 0 Å². The molecule has 6 atom stereocenters. The first-order valence-electron chi connectivity index (χ1n) is 39.2. The maximum Gasteiger partial charge on any atom is 0.472 e. The van der Waals surface area contributed by atoms with Gasteiger partial charge in [0.2, 0.25) is 0 Å². The Morgan fingerprint density at radius 1 is 0.298 bits per heavy atom. The Kier molecular flexibility index (Phi) is 66.8. The van der Waals surface area contributed by atoms with Crippen LogP contribution in [0.25, 0.3) is 0 Å². The zero-order valence-electron chi connectivity index (χ0n) is 61.1. The van der Waals surface area contributed by atoms with Crippen molar-refractivity contribution in [3.05, 3.63) is 0 Å². The van der Waals surface area contributed by atoms with E-state index in [1.165, 1.54) is 212 Å². The third kappa shape index (κ3) is 67.3. The van der Waals surface area contributed by atoms with Gasteiger partial charge in [-0.15, -0.1) is 0 Å². The number of ether oxygens (including phenoxy) is 4. The van der Waals surface area contributed by atoms with Gasteiger partial charge in [0, 0.05) is 25.7 Å². The summed E-state index contributed by atoms with van der Waals surface area (Å²) in [6, 6.07) is 0. The van der Waals surface area contributed by atoms with Crippen molar-refractivity contribution >= 4 is 39.5 Å². The molecule has 0 aromatic heterocycles. The van der Waals surface area contributed by atoms with Gasteiger partial charge in [0.15, 0.2) is 12.2 Å². The lowest BCUT2D eigenvalue weighted by Gasteiger charge is -2.21. The van der Waals surface area contributed by atoms with E-state index >= 15 is 0 Å². The average molecular weight is 1380 g/mol. The molecule has 0 aliphatic heterocycles. The highest BCUT2D eigenvalue weighted by molar-refractivity contribution is 7.47. The molecule has 0 heterocycles. The lowest BCUT2D eigenvalue weighted by molar-refractivity contribution is -0.161. The molecule has 0 bridgehead atoms. The number of carbonyl (C=O) groups excluding carboxylic acids is 4. The van der Waals surface area contributed by atoms with Gasteiger partial charge in [-0.1, -0.05) is 343 Å². The van der Waals surface area contributed by atoms with Crippen LogP contribution in [0.4, 0.5) is 0 Å². The predicted molar refractivity (Wildman–Crippen MR) is 382 cm³/mol. The Hall–Kier alpha value is -1.94. The van der Waals surface area contributed by atoms with Crippen LogP contribution in [-0.4, -0.2) is 96.7 Å². The highest BCUT2D eigenvalue weighted by Crippen LogP contribution is 2.45. The molecule has 3 N–H and O–H groups in total. The Morgan fingerprint density at radius 2 is 0.511 bits per heavy atom. The molecule has 0 aliphatic rings. The summed E-state index contributed by atoms with van der Waals surface area (Å²) in [6.45, 7) is 7.13. The van der Waals surface area contributed by atoms with Gasteiger partial charge in [-0.25, -0.2) is 9.13 Å². The molecule has 0 aromatic rings. The van der Waals surface area contributed by atoms with Gasteiger partial charge in [-0.3, -0.25) is 37.3 Å². The maximum atomic E-state index is 13.1. The topological polar surface area (TPSA) is 237 Å². The van der Waals surface area contributed by atoms with Crippen molar-refractivity contribution in [2.75, 3.05) is 39.6 Å². The molecule has 0 aromatic carbocycles. The molecular formula is C75H146O17P2. The number of phosphoric ester groups is 2. The Bertz CT molecular complexity index is 1810. The molecule has 0 rings (SSSR count). The highest BCUT2D eigenvalue weighted by Gasteiger charge is 2.30.